The molecule has 0 aliphatic carbocycles. The summed E-state index contributed by atoms with van der Waals surface area (Å²) >= 11 is 0. The third-order valence-electron chi connectivity index (χ3n) is 4.85. The monoisotopic (exact) mass is 408 g/mol. The highest BCUT2D eigenvalue weighted by Gasteiger charge is 2.24. The molecular weight excluding hydrogens is 368 g/mol. The summed E-state index contributed by atoms with van der Waals surface area (Å²) in [5.74, 6) is -0.356. The number of carbonyl (C=O) groups is 1. The smallest absolute Gasteiger partial charge is 0.330 e. The molecule has 2 heteroatoms. The highest BCUT2D eigenvalue weighted by molar-refractivity contribution is 5.87. The van der Waals surface area contributed by atoms with Crippen molar-refractivity contribution in [3.63, 3.8) is 0 Å². The normalized spacial score (nSPS) is 13.0. The van der Waals surface area contributed by atoms with Gasteiger partial charge < -0.3 is 4.74 Å². The molecule has 0 bridgehead atoms. The van der Waals surface area contributed by atoms with Crippen LogP contribution in [-0.2, 0) is 9.53 Å². The molecule has 0 saturated carbocycles. The van der Waals surface area contributed by atoms with Crippen molar-refractivity contribution in [1.82, 2.24) is 0 Å². The standard InChI is InChI=1S/C26H34O2.C2H6/c1-8-12-23(24(11-4)26(5,6)19-9-2)22(10-3)21-16-13-20(14-17-21)15-18-25(27)28-7;1-2/h8,10-18H,4,9,19H2,1-3,5-7H3;1-2H3/b12-8-,18-15+,22-10-,24-23-;. The molecule has 0 heterocycles. The van der Waals surface area contributed by atoms with Gasteiger partial charge in [-0.2, -0.15) is 0 Å². The molecule has 2 nitrogen and oxygen atoms in total. The van der Waals surface area contributed by atoms with Crippen molar-refractivity contribution < 1.29 is 9.53 Å². The second-order valence-electron chi connectivity index (χ2n) is 7.35. The third kappa shape index (κ3) is 8.02. The van der Waals surface area contributed by atoms with Gasteiger partial charge in [0.05, 0.1) is 7.11 Å². The van der Waals surface area contributed by atoms with Gasteiger partial charge in [0.2, 0.25) is 0 Å². The van der Waals surface area contributed by atoms with E-state index >= 15 is 0 Å². The molecule has 0 spiro atoms. The highest BCUT2D eigenvalue weighted by atomic mass is 16.5. The van der Waals surface area contributed by atoms with Gasteiger partial charge in [-0.15, -0.1) is 0 Å². The molecule has 0 unspecified atom stereocenters. The lowest BCUT2D eigenvalue weighted by atomic mass is 9.75. The largest absolute Gasteiger partial charge is 0.466 e. The number of ether oxygens (including phenoxy) is 1. The SMILES string of the molecule is C=C/C(=C(\C=C/C)C(=C\C)/c1ccc(/C=C/C(=O)OC)cc1)C(C)(C)CCC.CC. The van der Waals surface area contributed by atoms with Gasteiger partial charge in [0, 0.05) is 6.08 Å². The number of allylic oxidation sites excluding steroid dienone is 7. The number of hydrogen-bond acceptors (Lipinski definition) is 2. The lowest BCUT2D eigenvalue weighted by Gasteiger charge is -2.29. The Morgan fingerprint density at radius 2 is 1.70 bits per heavy atom. The Bertz CT molecular complexity index is 784. The van der Waals surface area contributed by atoms with Crippen LogP contribution in [0.3, 0.4) is 0 Å². The van der Waals surface area contributed by atoms with Gasteiger partial charge in [0.15, 0.2) is 0 Å². The number of carbonyl (C=O) groups excluding carboxylic acids is 1. The molecule has 1 rings (SSSR count). The summed E-state index contributed by atoms with van der Waals surface area (Å²) in [7, 11) is 1.38. The first-order valence-corrected chi connectivity index (χ1v) is 10.9. The molecule has 0 N–H and O–H groups in total. The minimum Gasteiger partial charge on any atom is -0.466 e. The van der Waals surface area contributed by atoms with Crippen LogP contribution < -0.4 is 0 Å². The van der Waals surface area contributed by atoms with Gasteiger partial charge in [-0.1, -0.05) is 96.2 Å². The zero-order valence-electron chi connectivity index (χ0n) is 20.2. The Hall–Kier alpha value is -2.61. The van der Waals surface area contributed by atoms with E-state index in [1.165, 1.54) is 29.9 Å². The van der Waals surface area contributed by atoms with Crippen LogP contribution in [0.1, 0.15) is 72.4 Å². The lowest BCUT2D eigenvalue weighted by Crippen LogP contribution is -2.15. The summed E-state index contributed by atoms with van der Waals surface area (Å²) in [6.07, 6.45) is 13.8. The number of methoxy groups -OCH3 is 1. The maximum Gasteiger partial charge on any atom is 0.330 e. The van der Waals surface area contributed by atoms with Crippen LogP contribution in [0.15, 0.2) is 72.4 Å². The highest BCUT2D eigenvalue weighted by Crippen LogP contribution is 2.39. The van der Waals surface area contributed by atoms with Crippen molar-refractivity contribution in [1.29, 1.82) is 0 Å². The lowest BCUT2D eigenvalue weighted by molar-refractivity contribution is -0.134. The summed E-state index contributed by atoms with van der Waals surface area (Å²) in [5, 5.41) is 0. The number of hydrogen-bond donors (Lipinski definition) is 0. The molecule has 164 valence electrons. The maximum atomic E-state index is 11.3. The summed E-state index contributed by atoms with van der Waals surface area (Å²) in [6, 6.07) is 8.19. The summed E-state index contributed by atoms with van der Waals surface area (Å²) < 4.78 is 4.64. The van der Waals surface area contributed by atoms with Crippen molar-refractivity contribution in [3.8, 4) is 0 Å². The minimum atomic E-state index is -0.356. The van der Waals surface area contributed by atoms with E-state index in [9.17, 15) is 4.79 Å². The van der Waals surface area contributed by atoms with E-state index in [1.54, 1.807) is 6.08 Å². The maximum absolute atomic E-state index is 11.3. The van der Waals surface area contributed by atoms with Crippen LogP contribution in [0.5, 0.6) is 0 Å². The molecule has 0 aromatic heterocycles. The van der Waals surface area contributed by atoms with E-state index in [-0.39, 0.29) is 11.4 Å². The molecule has 0 fully saturated rings. The van der Waals surface area contributed by atoms with E-state index in [2.05, 4.69) is 69.4 Å². The van der Waals surface area contributed by atoms with E-state index < -0.39 is 0 Å². The number of esters is 1. The van der Waals surface area contributed by atoms with Gasteiger partial charge in [-0.05, 0) is 59.6 Å². The molecular formula is C28H40O2. The van der Waals surface area contributed by atoms with E-state index in [1.807, 2.05) is 39.0 Å². The average Bonchev–Trinajstić information content (AvgIpc) is 2.75. The molecule has 0 saturated heterocycles. The van der Waals surface area contributed by atoms with Gasteiger partial charge in [-0.3, -0.25) is 0 Å². The summed E-state index contributed by atoms with van der Waals surface area (Å²) in [5.41, 5.74) is 5.78. The molecule has 0 atom stereocenters. The first-order chi connectivity index (χ1) is 14.3. The van der Waals surface area contributed by atoms with Crippen molar-refractivity contribution in [2.45, 2.75) is 61.3 Å². The Balaban J connectivity index is 0.00000407. The van der Waals surface area contributed by atoms with E-state index in [0.717, 1.165) is 24.0 Å². The second kappa shape index (κ2) is 14.4. The molecule has 0 amide bonds. The molecule has 0 aliphatic heterocycles. The fourth-order valence-corrected chi connectivity index (χ4v) is 3.49. The van der Waals surface area contributed by atoms with Crippen LogP contribution in [0, 0.1) is 5.41 Å². The van der Waals surface area contributed by atoms with Crippen LogP contribution in [0.25, 0.3) is 11.6 Å². The third-order valence-corrected chi connectivity index (χ3v) is 4.85. The Labute approximate surface area is 184 Å². The first kappa shape index (κ1) is 27.4. The van der Waals surface area contributed by atoms with Crippen LogP contribution in [-0.4, -0.2) is 13.1 Å². The van der Waals surface area contributed by atoms with Gasteiger partial charge >= 0.3 is 5.97 Å². The zero-order valence-corrected chi connectivity index (χ0v) is 20.2. The molecule has 30 heavy (non-hydrogen) atoms. The molecule has 0 radical (unpaired) electrons. The van der Waals surface area contributed by atoms with Gasteiger partial charge in [0.25, 0.3) is 0 Å². The van der Waals surface area contributed by atoms with Gasteiger partial charge in [-0.25, -0.2) is 4.79 Å². The quantitative estimate of drug-likeness (QED) is 0.234. The predicted octanol–water partition coefficient (Wildman–Crippen LogP) is 8.19. The molecule has 1 aromatic carbocycles. The fourth-order valence-electron chi connectivity index (χ4n) is 3.49. The van der Waals surface area contributed by atoms with E-state index in [0.29, 0.717) is 0 Å². The van der Waals surface area contributed by atoms with Crippen LogP contribution in [0.4, 0.5) is 0 Å². The van der Waals surface area contributed by atoms with Crippen molar-refractivity contribution in [3.05, 3.63) is 83.5 Å². The summed E-state index contributed by atoms with van der Waals surface area (Å²) in [6.45, 7) is 19.0. The second-order valence-corrected chi connectivity index (χ2v) is 7.35. The van der Waals surface area contributed by atoms with Crippen LogP contribution >= 0.6 is 0 Å². The van der Waals surface area contributed by atoms with Crippen molar-refractivity contribution in [2.24, 2.45) is 5.41 Å². The minimum absolute atomic E-state index is 0.0444. The Morgan fingerprint density at radius 3 is 2.13 bits per heavy atom. The first-order valence-electron chi connectivity index (χ1n) is 10.9. The predicted molar refractivity (Wildman–Crippen MR) is 133 cm³/mol. The summed E-state index contributed by atoms with van der Waals surface area (Å²) in [4.78, 5) is 11.3. The fraction of sp³-hybridized carbons (Fsp3) is 0.393. The zero-order chi connectivity index (χ0) is 23.2. The van der Waals surface area contributed by atoms with Gasteiger partial charge in [0.1, 0.15) is 0 Å². The Kier molecular flexibility index (Phi) is 13.1. The van der Waals surface area contributed by atoms with Crippen LogP contribution in [0.2, 0.25) is 0 Å². The van der Waals surface area contributed by atoms with Crippen molar-refractivity contribution in [2.75, 3.05) is 7.11 Å². The number of rotatable bonds is 9. The Morgan fingerprint density at radius 1 is 1.10 bits per heavy atom. The molecule has 1 aromatic rings. The van der Waals surface area contributed by atoms with E-state index in [4.69, 9.17) is 0 Å². The topological polar surface area (TPSA) is 26.3 Å². The molecule has 0 aliphatic rings. The van der Waals surface area contributed by atoms with Crippen molar-refractivity contribution >= 4 is 17.6 Å². The average molecular weight is 409 g/mol. The number of benzene rings is 1.